The maximum atomic E-state index is 13.2. The van der Waals surface area contributed by atoms with E-state index < -0.39 is 0 Å². The predicted molar refractivity (Wildman–Crippen MR) is 88.9 cm³/mol. The van der Waals surface area contributed by atoms with Gasteiger partial charge in [-0.1, -0.05) is 29.3 Å². The monoisotopic (exact) mass is 339 g/mol. The summed E-state index contributed by atoms with van der Waals surface area (Å²) in [5, 5.41) is 2.10. The largest absolute Gasteiger partial charge is 0.323 e. The third kappa shape index (κ3) is 3.06. The summed E-state index contributed by atoms with van der Waals surface area (Å²) >= 11 is 13.9. The molecule has 0 saturated carbocycles. The molecule has 0 amide bonds. The van der Waals surface area contributed by atoms with Crippen molar-refractivity contribution >= 4 is 44.6 Å². The first-order valence-electron chi connectivity index (χ1n) is 6.42. The topological polar surface area (TPSA) is 26.0 Å². The van der Waals surface area contributed by atoms with Gasteiger partial charge in [-0.25, -0.2) is 4.39 Å². The molecule has 1 unspecified atom stereocenters. The van der Waals surface area contributed by atoms with Crippen LogP contribution in [0, 0.1) is 5.82 Å². The zero-order valence-electron chi connectivity index (χ0n) is 10.9. The van der Waals surface area contributed by atoms with Crippen molar-refractivity contribution < 1.29 is 4.39 Å². The van der Waals surface area contributed by atoms with Gasteiger partial charge < -0.3 is 5.73 Å². The lowest BCUT2D eigenvalue weighted by atomic mass is 10.0. The Bertz CT molecular complexity index is 780. The fraction of sp³-hybridized carbons (Fsp3) is 0.125. The lowest BCUT2D eigenvalue weighted by Gasteiger charge is -2.12. The number of nitrogens with two attached hydrogens (primary N) is 1. The Labute approximate surface area is 136 Å². The highest BCUT2D eigenvalue weighted by molar-refractivity contribution is 7.19. The third-order valence-electron chi connectivity index (χ3n) is 3.35. The summed E-state index contributed by atoms with van der Waals surface area (Å²) in [6.45, 7) is 0. The van der Waals surface area contributed by atoms with Crippen LogP contribution in [0.4, 0.5) is 4.39 Å². The zero-order valence-corrected chi connectivity index (χ0v) is 13.3. The minimum Gasteiger partial charge on any atom is -0.323 e. The third-order valence-corrected chi connectivity index (χ3v) is 5.30. The van der Waals surface area contributed by atoms with E-state index in [1.165, 1.54) is 12.1 Å². The molecule has 1 nitrogen and oxygen atoms in total. The van der Waals surface area contributed by atoms with E-state index in [1.54, 1.807) is 29.5 Å². The van der Waals surface area contributed by atoms with E-state index in [2.05, 4.69) is 0 Å². The van der Waals surface area contributed by atoms with E-state index in [4.69, 9.17) is 28.9 Å². The highest BCUT2D eigenvalue weighted by Gasteiger charge is 2.15. The van der Waals surface area contributed by atoms with Crippen LogP contribution in [0.15, 0.2) is 42.5 Å². The van der Waals surface area contributed by atoms with Gasteiger partial charge >= 0.3 is 0 Å². The van der Waals surface area contributed by atoms with Crippen LogP contribution in [0.5, 0.6) is 0 Å². The molecule has 5 heteroatoms. The Morgan fingerprint density at radius 1 is 1.10 bits per heavy atom. The second-order valence-corrected chi connectivity index (χ2v) is 6.77. The van der Waals surface area contributed by atoms with Crippen LogP contribution < -0.4 is 5.73 Å². The van der Waals surface area contributed by atoms with Gasteiger partial charge in [0.15, 0.2) is 0 Å². The smallest absolute Gasteiger partial charge is 0.123 e. The van der Waals surface area contributed by atoms with Gasteiger partial charge in [0.25, 0.3) is 0 Å². The standard InChI is InChI=1S/C16H12Cl2FNS/c17-12-2-1-3-13(18)11(12)8-14(20)16-7-9-6-10(19)4-5-15(9)21-16/h1-7,14H,8,20H2. The molecule has 0 aliphatic heterocycles. The zero-order chi connectivity index (χ0) is 15.0. The Kier molecular flexibility index (Phi) is 4.18. The van der Waals surface area contributed by atoms with E-state index in [9.17, 15) is 4.39 Å². The molecule has 0 spiro atoms. The second-order valence-electron chi connectivity index (χ2n) is 4.84. The Morgan fingerprint density at radius 2 is 1.81 bits per heavy atom. The van der Waals surface area contributed by atoms with Gasteiger partial charge in [0.1, 0.15) is 5.82 Å². The van der Waals surface area contributed by atoms with Crippen LogP contribution in [0.3, 0.4) is 0 Å². The summed E-state index contributed by atoms with van der Waals surface area (Å²) in [6, 6.07) is 11.9. The molecule has 0 saturated heterocycles. The number of fused-ring (bicyclic) bond motifs is 1. The van der Waals surface area contributed by atoms with Crippen molar-refractivity contribution in [2.24, 2.45) is 5.73 Å². The van der Waals surface area contributed by atoms with Gasteiger partial charge in [-0.15, -0.1) is 11.3 Å². The molecular formula is C16H12Cl2FNS. The SMILES string of the molecule is NC(Cc1c(Cl)cccc1Cl)c1cc2cc(F)ccc2s1. The molecule has 0 radical (unpaired) electrons. The summed E-state index contributed by atoms with van der Waals surface area (Å²) in [6.07, 6.45) is 0.549. The number of halogens is 3. The molecule has 3 rings (SSSR count). The van der Waals surface area contributed by atoms with Gasteiger partial charge in [-0.3, -0.25) is 0 Å². The van der Waals surface area contributed by atoms with Gasteiger partial charge in [0.05, 0.1) is 0 Å². The molecule has 108 valence electrons. The molecule has 3 aromatic rings. The first kappa shape index (κ1) is 14.8. The van der Waals surface area contributed by atoms with E-state index in [0.717, 1.165) is 20.5 Å². The minimum absolute atomic E-state index is 0.220. The quantitative estimate of drug-likeness (QED) is 0.661. The van der Waals surface area contributed by atoms with E-state index >= 15 is 0 Å². The summed E-state index contributed by atoms with van der Waals surface area (Å²) in [7, 11) is 0. The fourth-order valence-electron chi connectivity index (χ4n) is 2.27. The van der Waals surface area contributed by atoms with Crippen molar-refractivity contribution in [2.45, 2.75) is 12.5 Å². The molecule has 21 heavy (non-hydrogen) atoms. The van der Waals surface area contributed by atoms with Gasteiger partial charge in [0, 0.05) is 25.7 Å². The summed E-state index contributed by atoms with van der Waals surface area (Å²) in [4.78, 5) is 0.992. The molecule has 1 aromatic heterocycles. The number of benzene rings is 2. The van der Waals surface area contributed by atoms with Crippen molar-refractivity contribution in [1.29, 1.82) is 0 Å². The molecular weight excluding hydrogens is 328 g/mol. The van der Waals surface area contributed by atoms with Crippen LogP contribution in [-0.2, 0) is 6.42 Å². The van der Waals surface area contributed by atoms with Crippen molar-refractivity contribution in [1.82, 2.24) is 0 Å². The van der Waals surface area contributed by atoms with Crippen LogP contribution in [0.2, 0.25) is 10.0 Å². The number of hydrogen-bond donors (Lipinski definition) is 1. The fourth-order valence-corrected chi connectivity index (χ4v) is 3.86. The molecule has 1 atom stereocenters. The van der Waals surface area contributed by atoms with E-state index in [0.29, 0.717) is 16.5 Å². The van der Waals surface area contributed by atoms with Crippen molar-refractivity contribution in [3.63, 3.8) is 0 Å². The first-order chi connectivity index (χ1) is 10.0. The Morgan fingerprint density at radius 3 is 2.52 bits per heavy atom. The van der Waals surface area contributed by atoms with E-state index in [-0.39, 0.29) is 11.9 Å². The van der Waals surface area contributed by atoms with Gasteiger partial charge in [0.2, 0.25) is 0 Å². The van der Waals surface area contributed by atoms with Crippen molar-refractivity contribution in [2.75, 3.05) is 0 Å². The predicted octanol–water partition coefficient (Wildman–Crippen LogP) is 5.59. The van der Waals surface area contributed by atoms with Crippen LogP contribution in [-0.4, -0.2) is 0 Å². The molecule has 0 fully saturated rings. The van der Waals surface area contributed by atoms with Crippen molar-refractivity contribution in [3.8, 4) is 0 Å². The van der Waals surface area contributed by atoms with Crippen LogP contribution >= 0.6 is 34.5 Å². The van der Waals surface area contributed by atoms with Gasteiger partial charge in [-0.2, -0.15) is 0 Å². The number of rotatable bonds is 3. The van der Waals surface area contributed by atoms with E-state index in [1.807, 2.05) is 12.1 Å². The summed E-state index contributed by atoms with van der Waals surface area (Å²) < 4.78 is 14.3. The number of hydrogen-bond acceptors (Lipinski definition) is 2. The average Bonchev–Trinajstić information content (AvgIpc) is 2.86. The van der Waals surface area contributed by atoms with Crippen LogP contribution in [0.25, 0.3) is 10.1 Å². The van der Waals surface area contributed by atoms with Crippen LogP contribution in [0.1, 0.15) is 16.5 Å². The number of thiophene rings is 1. The first-order valence-corrected chi connectivity index (χ1v) is 7.99. The highest BCUT2D eigenvalue weighted by Crippen LogP contribution is 2.33. The Hall–Kier alpha value is -1.13. The minimum atomic E-state index is -0.241. The average molecular weight is 340 g/mol. The highest BCUT2D eigenvalue weighted by atomic mass is 35.5. The molecule has 0 aliphatic rings. The lowest BCUT2D eigenvalue weighted by Crippen LogP contribution is -2.12. The Balaban J connectivity index is 1.91. The normalized spacial score (nSPS) is 12.8. The van der Waals surface area contributed by atoms with Gasteiger partial charge in [-0.05, 0) is 53.8 Å². The summed E-state index contributed by atoms with van der Waals surface area (Å²) in [5.74, 6) is -0.241. The maximum absolute atomic E-state index is 13.2. The second kappa shape index (κ2) is 5.93. The maximum Gasteiger partial charge on any atom is 0.123 e. The molecule has 2 N–H and O–H groups in total. The molecule has 0 aliphatic carbocycles. The summed E-state index contributed by atoms with van der Waals surface area (Å²) in [5.41, 5.74) is 7.11. The molecule has 0 bridgehead atoms. The molecule has 2 aromatic carbocycles. The lowest BCUT2D eigenvalue weighted by molar-refractivity contribution is 0.630. The molecule has 1 heterocycles. The van der Waals surface area contributed by atoms with Crippen molar-refractivity contribution in [3.05, 3.63) is 68.8 Å².